The number of hydrogen-bond donors (Lipinski definition) is 1. The third kappa shape index (κ3) is 5.47. The second-order valence-corrected chi connectivity index (χ2v) is 10.5. The third-order valence-corrected chi connectivity index (χ3v) is 8.28. The molecule has 38 heavy (non-hydrogen) atoms. The van der Waals surface area contributed by atoms with E-state index in [1.54, 1.807) is 0 Å². The van der Waals surface area contributed by atoms with Crippen molar-refractivity contribution in [2.75, 3.05) is 33.8 Å². The van der Waals surface area contributed by atoms with Crippen LogP contribution >= 0.6 is 0 Å². The first-order valence-electron chi connectivity index (χ1n) is 13.6. The lowest BCUT2D eigenvalue weighted by Crippen LogP contribution is -2.73. The predicted molar refractivity (Wildman–Crippen MR) is 146 cm³/mol. The number of β-lactam (4-membered cyclic amide) rings is 1. The largest absolute Gasteiger partial charge is 0.347 e. The molecule has 2 aromatic rings. The van der Waals surface area contributed by atoms with Crippen molar-refractivity contribution in [2.45, 2.75) is 57.8 Å². The highest BCUT2D eigenvalue weighted by Gasteiger charge is 2.62. The minimum Gasteiger partial charge on any atom is -0.347 e. The Balaban J connectivity index is 1.48. The van der Waals surface area contributed by atoms with E-state index in [0.717, 1.165) is 28.9 Å². The fourth-order valence-corrected chi connectivity index (χ4v) is 5.68. The van der Waals surface area contributed by atoms with Gasteiger partial charge in [-0.05, 0) is 50.9 Å². The number of imide groups is 1. The van der Waals surface area contributed by atoms with E-state index in [1.807, 2.05) is 79.4 Å². The average molecular weight is 521 g/mol. The molecule has 2 aromatic carbocycles. The van der Waals surface area contributed by atoms with Crippen molar-refractivity contribution in [3.8, 4) is 0 Å². The summed E-state index contributed by atoms with van der Waals surface area (Å²) in [6.45, 7) is 5.06. The van der Waals surface area contributed by atoms with Crippen molar-refractivity contribution in [3.05, 3.63) is 71.8 Å². The van der Waals surface area contributed by atoms with E-state index in [0.29, 0.717) is 32.0 Å². The van der Waals surface area contributed by atoms with Gasteiger partial charge in [-0.1, -0.05) is 74.5 Å². The Labute approximate surface area is 225 Å². The monoisotopic (exact) mass is 520 g/mol. The molecule has 8 heteroatoms. The standard InChI is InChI=1S/C30H40N4O4/c1-5-30(6-2)27(36)34(28(30)38-21-25(35)33-19-17-24(18-20-33)32(3)4)29(37)31-26(22-13-9-7-10-14-22)23-15-11-8-12-16-23/h7-16,24,26,28H,5-6,17-21H2,1-4H3,(H,31,37). The van der Waals surface area contributed by atoms with Gasteiger partial charge in [0.1, 0.15) is 6.61 Å². The van der Waals surface area contributed by atoms with Crippen molar-refractivity contribution in [1.29, 1.82) is 0 Å². The number of nitrogens with one attached hydrogen (secondary N) is 1. The zero-order valence-corrected chi connectivity index (χ0v) is 22.9. The number of rotatable bonds is 9. The normalized spacial score (nSPS) is 19.5. The number of ether oxygens (including phenoxy) is 1. The molecular formula is C30H40N4O4. The van der Waals surface area contributed by atoms with Crippen LogP contribution in [0.25, 0.3) is 0 Å². The van der Waals surface area contributed by atoms with Gasteiger partial charge in [-0.25, -0.2) is 9.69 Å². The summed E-state index contributed by atoms with van der Waals surface area (Å²) in [4.78, 5) is 45.1. The summed E-state index contributed by atoms with van der Waals surface area (Å²) in [6, 6.07) is 18.8. The zero-order chi connectivity index (χ0) is 27.3. The number of nitrogens with zero attached hydrogens (tertiary/aromatic N) is 3. The van der Waals surface area contributed by atoms with Gasteiger partial charge < -0.3 is 19.9 Å². The minimum absolute atomic E-state index is 0.102. The summed E-state index contributed by atoms with van der Waals surface area (Å²) in [5, 5.41) is 3.05. The summed E-state index contributed by atoms with van der Waals surface area (Å²) < 4.78 is 6.10. The van der Waals surface area contributed by atoms with Crippen LogP contribution in [-0.2, 0) is 14.3 Å². The first-order valence-corrected chi connectivity index (χ1v) is 13.6. The van der Waals surface area contributed by atoms with Crippen LogP contribution in [0, 0.1) is 5.41 Å². The topological polar surface area (TPSA) is 82.2 Å². The Kier molecular flexibility index (Phi) is 8.84. The molecule has 2 aliphatic rings. The molecule has 204 valence electrons. The zero-order valence-electron chi connectivity index (χ0n) is 22.9. The molecule has 1 atom stereocenters. The first kappa shape index (κ1) is 27.8. The van der Waals surface area contributed by atoms with E-state index >= 15 is 0 Å². The molecule has 0 aromatic heterocycles. The highest BCUT2D eigenvalue weighted by Crippen LogP contribution is 2.46. The van der Waals surface area contributed by atoms with Gasteiger partial charge in [-0.3, -0.25) is 9.59 Å². The third-order valence-electron chi connectivity index (χ3n) is 8.28. The van der Waals surface area contributed by atoms with Gasteiger partial charge in [0, 0.05) is 19.1 Å². The number of amides is 4. The molecule has 2 fully saturated rings. The van der Waals surface area contributed by atoms with Crippen LogP contribution in [0.2, 0.25) is 0 Å². The average Bonchev–Trinajstić information content (AvgIpc) is 2.95. The van der Waals surface area contributed by atoms with Crippen molar-refractivity contribution >= 4 is 17.8 Å². The van der Waals surface area contributed by atoms with Gasteiger partial charge in [0.05, 0.1) is 11.5 Å². The maximum atomic E-state index is 13.6. The van der Waals surface area contributed by atoms with Crippen LogP contribution in [0.3, 0.4) is 0 Å². The molecule has 2 aliphatic heterocycles. The number of piperidine rings is 1. The first-order chi connectivity index (χ1) is 18.3. The number of urea groups is 1. The molecule has 4 rings (SSSR count). The number of benzene rings is 2. The molecule has 2 saturated heterocycles. The number of hydrogen-bond acceptors (Lipinski definition) is 5. The van der Waals surface area contributed by atoms with Crippen molar-refractivity contribution < 1.29 is 19.1 Å². The summed E-state index contributed by atoms with van der Waals surface area (Å²) >= 11 is 0. The molecule has 8 nitrogen and oxygen atoms in total. The number of likely N-dealkylation sites (tertiary alicyclic amines) is 2. The molecular weight excluding hydrogens is 480 g/mol. The molecule has 0 bridgehead atoms. The smallest absolute Gasteiger partial charge is 0.327 e. The van der Waals surface area contributed by atoms with Crippen molar-refractivity contribution in [3.63, 3.8) is 0 Å². The maximum absolute atomic E-state index is 13.6. The van der Waals surface area contributed by atoms with Crippen LogP contribution in [0.1, 0.15) is 56.7 Å². The highest BCUT2D eigenvalue weighted by atomic mass is 16.5. The second-order valence-electron chi connectivity index (χ2n) is 10.5. The molecule has 0 saturated carbocycles. The Morgan fingerprint density at radius 3 is 1.97 bits per heavy atom. The van der Waals surface area contributed by atoms with Crippen LogP contribution in [-0.4, -0.2) is 78.6 Å². The summed E-state index contributed by atoms with van der Waals surface area (Å²) in [5.41, 5.74) is 1.00. The second kappa shape index (κ2) is 12.1. The van der Waals surface area contributed by atoms with E-state index in [9.17, 15) is 14.4 Å². The Bertz CT molecular complexity index is 1060. The quantitative estimate of drug-likeness (QED) is 0.505. The summed E-state index contributed by atoms with van der Waals surface area (Å²) in [7, 11) is 4.13. The maximum Gasteiger partial charge on any atom is 0.327 e. The van der Waals surface area contributed by atoms with Gasteiger partial charge in [-0.15, -0.1) is 0 Å². The van der Waals surface area contributed by atoms with E-state index < -0.39 is 23.7 Å². The minimum atomic E-state index is -0.815. The van der Waals surface area contributed by atoms with Gasteiger partial charge in [0.2, 0.25) is 11.8 Å². The number of carbonyl (C=O) groups excluding carboxylic acids is 3. The SMILES string of the molecule is CCC1(CC)C(=O)N(C(=O)NC(c2ccccc2)c2ccccc2)C1OCC(=O)N1CCC(N(C)C)CC1. The number of carbonyl (C=O) groups is 3. The molecule has 1 N–H and O–H groups in total. The van der Waals surface area contributed by atoms with Gasteiger partial charge in [-0.2, -0.15) is 0 Å². The lowest BCUT2D eigenvalue weighted by molar-refractivity contribution is -0.212. The molecule has 0 spiro atoms. The van der Waals surface area contributed by atoms with Gasteiger partial charge >= 0.3 is 6.03 Å². The Morgan fingerprint density at radius 2 is 1.50 bits per heavy atom. The Morgan fingerprint density at radius 1 is 0.974 bits per heavy atom. The fourth-order valence-electron chi connectivity index (χ4n) is 5.68. The Hall–Kier alpha value is -3.23. The molecule has 1 unspecified atom stereocenters. The van der Waals surface area contributed by atoms with Crippen molar-refractivity contribution in [1.82, 2.24) is 20.0 Å². The van der Waals surface area contributed by atoms with Crippen molar-refractivity contribution in [2.24, 2.45) is 5.41 Å². The fraction of sp³-hybridized carbons (Fsp3) is 0.500. The summed E-state index contributed by atoms with van der Waals surface area (Å²) in [6.07, 6.45) is 2.10. The summed E-state index contributed by atoms with van der Waals surface area (Å²) in [5.74, 6) is -0.362. The van der Waals surface area contributed by atoms with Crippen LogP contribution in [0.15, 0.2) is 60.7 Å². The van der Waals surface area contributed by atoms with Crippen LogP contribution in [0.4, 0.5) is 4.79 Å². The van der Waals surface area contributed by atoms with Gasteiger partial charge in [0.25, 0.3) is 0 Å². The van der Waals surface area contributed by atoms with E-state index in [4.69, 9.17) is 4.74 Å². The molecule has 4 amide bonds. The molecule has 2 heterocycles. The van der Waals surface area contributed by atoms with E-state index in [-0.39, 0.29) is 18.4 Å². The lowest BCUT2D eigenvalue weighted by Gasteiger charge is -2.53. The predicted octanol–water partition coefficient (Wildman–Crippen LogP) is 4.03. The lowest BCUT2D eigenvalue weighted by atomic mass is 9.72. The molecule has 0 radical (unpaired) electrons. The highest BCUT2D eigenvalue weighted by molar-refractivity contribution is 6.03. The van der Waals surface area contributed by atoms with Gasteiger partial charge in [0.15, 0.2) is 6.23 Å². The van der Waals surface area contributed by atoms with E-state index in [2.05, 4.69) is 24.3 Å². The van der Waals surface area contributed by atoms with E-state index in [1.165, 1.54) is 0 Å². The van der Waals surface area contributed by atoms with Crippen LogP contribution < -0.4 is 5.32 Å². The molecule has 0 aliphatic carbocycles. The van der Waals surface area contributed by atoms with Crippen LogP contribution in [0.5, 0.6) is 0 Å².